The molecule has 104 valence electrons. The first kappa shape index (κ1) is 17.1. The van der Waals surface area contributed by atoms with Gasteiger partial charge in [-0.05, 0) is 11.6 Å². The first-order valence-corrected chi connectivity index (χ1v) is 4.60. The van der Waals surface area contributed by atoms with E-state index in [4.69, 9.17) is 10.8 Å². The Balaban J connectivity index is 0.00000289. The molecule has 1 aromatic rings. The molecule has 3 N–H and O–H groups in total. The Hall–Kier alpha value is -0.920. The Kier molecular flexibility index (Phi) is 5.52. The highest BCUT2D eigenvalue weighted by molar-refractivity contribution is 5.85. The van der Waals surface area contributed by atoms with Gasteiger partial charge in [0.25, 0.3) is 5.92 Å². The number of nitrogens with two attached hydrogens (primary N) is 1. The van der Waals surface area contributed by atoms with Crippen LogP contribution in [-0.4, -0.2) is 17.6 Å². The summed E-state index contributed by atoms with van der Waals surface area (Å²) in [6.07, 6.45) is -4.76. The van der Waals surface area contributed by atoms with Crippen LogP contribution in [0.25, 0.3) is 0 Å². The van der Waals surface area contributed by atoms with Crippen molar-refractivity contribution in [2.75, 3.05) is 6.61 Å². The lowest BCUT2D eigenvalue weighted by Crippen LogP contribution is -2.37. The fourth-order valence-electron chi connectivity index (χ4n) is 1.35. The molecule has 0 fully saturated rings. The summed E-state index contributed by atoms with van der Waals surface area (Å²) in [6.45, 7) is -1.61. The Morgan fingerprint density at radius 3 is 2.06 bits per heavy atom. The zero-order valence-electron chi connectivity index (χ0n) is 8.92. The number of aliphatic hydroxyl groups is 1. The number of halogens is 6. The molecule has 0 amide bonds. The zero-order chi connectivity index (χ0) is 13.3. The van der Waals surface area contributed by atoms with Gasteiger partial charge < -0.3 is 10.8 Å². The molecule has 0 aliphatic heterocycles. The molecule has 1 aromatic carbocycles. The normalized spacial score (nSPS) is 13.9. The largest absolute Gasteiger partial charge is 0.416 e. The van der Waals surface area contributed by atoms with Gasteiger partial charge in [0, 0.05) is 0 Å². The van der Waals surface area contributed by atoms with Gasteiger partial charge in [0.2, 0.25) is 0 Å². The number of hydrogen-bond donors (Lipinski definition) is 2. The smallest absolute Gasteiger partial charge is 0.390 e. The molecule has 18 heavy (non-hydrogen) atoms. The molecule has 0 spiro atoms. The van der Waals surface area contributed by atoms with Crippen molar-refractivity contribution >= 4 is 12.4 Å². The third kappa shape index (κ3) is 3.54. The molecule has 0 saturated heterocycles. The molecule has 0 aliphatic rings. The van der Waals surface area contributed by atoms with Crippen LogP contribution in [0.15, 0.2) is 24.3 Å². The average molecular weight is 292 g/mol. The Bertz CT molecular complexity index is 396. The van der Waals surface area contributed by atoms with Crippen LogP contribution in [0.5, 0.6) is 0 Å². The minimum Gasteiger partial charge on any atom is -0.390 e. The van der Waals surface area contributed by atoms with E-state index in [9.17, 15) is 22.0 Å². The van der Waals surface area contributed by atoms with E-state index in [0.717, 1.165) is 12.1 Å². The molecule has 2 nitrogen and oxygen atoms in total. The lowest BCUT2D eigenvalue weighted by molar-refractivity contribution is -0.139. The SMILES string of the molecule is Cl.N[C@@H](c1ccccc1C(F)(F)F)C(F)(F)CO. The van der Waals surface area contributed by atoms with Crippen molar-refractivity contribution in [3.63, 3.8) is 0 Å². The van der Waals surface area contributed by atoms with E-state index in [1.807, 2.05) is 0 Å². The summed E-state index contributed by atoms with van der Waals surface area (Å²) in [5.74, 6) is -3.80. The number of benzene rings is 1. The number of alkyl halides is 5. The van der Waals surface area contributed by atoms with E-state index in [2.05, 4.69) is 0 Å². The van der Waals surface area contributed by atoms with Gasteiger partial charge in [-0.3, -0.25) is 0 Å². The van der Waals surface area contributed by atoms with Crippen LogP contribution in [0.2, 0.25) is 0 Å². The van der Waals surface area contributed by atoms with Crippen LogP contribution >= 0.6 is 12.4 Å². The molecule has 8 heteroatoms. The molecule has 0 bridgehead atoms. The van der Waals surface area contributed by atoms with E-state index < -0.39 is 35.9 Å². The summed E-state index contributed by atoms with van der Waals surface area (Å²) >= 11 is 0. The van der Waals surface area contributed by atoms with Gasteiger partial charge in [-0.25, -0.2) is 8.78 Å². The van der Waals surface area contributed by atoms with Gasteiger partial charge in [-0.15, -0.1) is 12.4 Å². The van der Waals surface area contributed by atoms with Crippen molar-refractivity contribution in [3.05, 3.63) is 35.4 Å². The maximum absolute atomic E-state index is 13.1. The monoisotopic (exact) mass is 291 g/mol. The predicted octanol–water partition coefficient (Wildman–Crippen LogP) is 2.75. The van der Waals surface area contributed by atoms with E-state index in [1.165, 1.54) is 6.07 Å². The minimum absolute atomic E-state index is 0. The fourth-order valence-corrected chi connectivity index (χ4v) is 1.35. The fraction of sp³-hybridized carbons (Fsp3) is 0.400. The van der Waals surface area contributed by atoms with Gasteiger partial charge in [0.15, 0.2) is 0 Å². The van der Waals surface area contributed by atoms with E-state index in [-0.39, 0.29) is 12.4 Å². The molecule has 0 heterocycles. The van der Waals surface area contributed by atoms with Crippen molar-refractivity contribution in [2.24, 2.45) is 5.73 Å². The molecule has 0 aromatic heterocycles. The van der Waals surface area contributed by atoms with Crippen LogP contribution < -0.4 is 5.73 Å². The van der Waals surface area contributed by atoms with Gasteiger partial charge in [0.1, 0.15) is 6.61 Å². The predicted molar refractivity (Wildman–Crippen MR) is 57.7 cm³/mol. The maximum Gasteiger partial charge on any atom is 0.416 e. The zero-order valence-corrected chi connectivity index (χ0v) is 9.73. The highest BCUT2D eigenvalue weighted by Gasteiger charge is 2.42. The van der Waals surface area contributed by atoms with Crippen LogP contribution in [0, 0.1) is 0 Å². The average Bonchev–Trinajstić information content (AvgIpc) is 2.27. The molecule has 0 radical (unpaired) electrons. The van der Waals surface area contributed by atoms with Crippen molar-refractivity contribution in [3.8, 4) is 0 Å². The summed E-state index contributed by atoms with van der Waals surface area (Å²) in [4.78, 5) is 0. The number of hydrogen-bond acceptors (Lipinski definition) is 2. The second-order valence-electron chi connectivity index (χ2n) is 3.48. The second kappa shape index (κ2) is 5.81. The van der Waals surface area contributed by atoms with E-state index in [1.54, 1.807) is 0 Å². The van der Waals surface area contributed by atoms with Crippen molar-refractivity contribution < 1.29 is 27.1 Å². The summed E-state index contributed by atoms with van der Waals surface area (Å²) in [7, 11) is 0. The Morgan fingerprint density at radius 1 is 1.11 bits per heavy atom. The third-order valence-electron chi connectivity index (χ3n) is 2.27. The molecular formula is C10H11ClF5NO. The van der Waals surface area contributed by atoms with E-state index in [0.29, 0.717) is 6.07 Å². The van der Waals surface area contributed by atoms with Crippen LogP contribution in [0.1, 0.15) is 17.2 Å². The molecule has 0 aliphatic carbocycles. The molecular weight excluding hydrogens is 281 g/mol. The Labute approximate surface area is 106 Å². The molecule has 0 saturated carbocycles. The molecule has 1 rings (SSSR count). The summed E-state index contributed by atoms with van der Waals surface area (Å²) < 4.78 is 63.7. The van der Waals surface area contributed by atoms with Gasteiger partial charge in [-0.1, -0.05) is 18.2 Å². The summed E-state index contributed by atoms with van der Waals surface area (Å²) in [5, 5.41) is 8.41. The van der Waals surface area contributed by atoms with Crippen molar-refractivity contribution in [1.82, 2.24) is 0 Å². The minimum atomic E-state index is -4.76. The highest BCUT2D eigenvalue weighted by Crippen LogP contribution is 2.38. The van der Waals surface area contributed by atoms with Crippen LogP contribution in [0.3, 0.4) is 0 Å². The van der Waals surface area contributed by atoms with Crippen molar-refractivity contribution in [1.29, 1.82) is 0 Å². The van der Waals surface area contributed by atoms with Crippen molar-refractivity contribution in [2.45, 2.75) is 18.1 Å². The standard InChI is InChI=1S/C10H10F5NO.ClH/c11-9(12,5-17)8(16)6-3-1-2-4-7(6)10(13,14)15;/h1-4,8,17H,5,16H2;1H/t8-;/m0./s1. The van der Waals surface area contributed by atoms with Crippen LogP contribution in [-0.2, 0) is 6.18 Å². The van der Waals surface area contributed by atoms with E-state index >= 15 is 0 Å². The maximum atomic E-state index is 13.1. The summed E-state index contributed by atoms with van der Waals surface area (Å²) in [6, 6.07) is 1.60. The number of aliphatic hydroxyl groups excluding tert-OH is 1. The third-order valence-corrected chi connectivity index (χ3v) is 2.27. The first-order valence-electron chi connectivity index (χ1n) is 4.60. The lowest BCUT2D eigenvalue weighted by Gasteiger charge is -2.24. The first-order chi connectivity index (χ1) is 7.70. The molecule has 1 atom stereocenters. The Morgan fingerprint density at radius 2 is 1.61 bits per heavy atom. The van der Waals surface area contributed by atoms with Gasteiger partial charge in [0.05, 0.1) is 11.6 Å². The summed E-state index contributed by atoms with van der Waals surface area (Å²) in [5.41, 5.74) is 3.11. The topological polar surface area (TPSA) is 46.2 Å². The highest BCUT2D eigenvalue weighted by atomic mass is 35.5. The number of rotatable bonds is 3. The van der Waals surface area contributed by atoms with Gasteiger partial charge >= 0.3 is 6.18 Å². The quantitative estimate of drug-likeness (QED) is 0.841. The lowest BCUT2D eigenvalue weighted by atomic mass is 9.96. The second-order valence-corrected chi connectivity index (χ2v) is 3.48. The van der Waals surface area contributed by atoms with Gasteiger partial charge in [-0.2, -0.15) is 13.2 Å². The van der Waals surface area contributed by atoms with Crippen LogP contribution in [0.4, 0.5) is 22.0 Å². The molecule has 0 unspecified atom stereocenters.